The van der Waals surface area contributed by atoms with E-state index in [1.165, 1.54) is 6.33 Å². The third kappa shape index (κ3) is 5.61. The summed E-state index contributed by atoms with van der Waals surface area (Å²) >= 11 is 5.95. The zero-order valence-electron chi connectivity index (χ0n) is 10.6. The summed E-state index contributed by atoms with van der Waals surface area (Å²) in [6, 6.07) is 0. The quantitative estimate of drug-likeness (QED) is 0.647. The standard InChI is InChI=1S/C11H15ClF3N3O/c1-7(2)8-9(12)17-6-18-10(8)16-3-4-19-5-11(13,14)15/h6-7H,3-5H2,1-2H3,(H,16,17,18). The lowest BCUT2D eigenvalue weighted by molar-refractivity contribution is -0.172. The molecule has 0 radical (unpaired) electrons. The molecule has 108 valence electrons. The minimum atomic E-state index is -4.30. The molecule has 0 saturated carbocycles. The van der Waals surface area contributed by atoms with Gasteiger partial charge in [0.1, 0.15) is 23.9 Å². The number of nitrogens with zero attached hydrogens (tertiary/aromatic N) is 2. The molecule has 1 aromatic heterocycles. The van der Waals surface area contributed by atoms with Gasteiger partial charge in [0.05, 0.1) is 6.61 Å². The molecule has 0 saturated heterocycles. The molecule has 0 aliphatic heterocycles. The SMILES string of the molecule is CC(C)c1c(Cl)ncnc1NCCOCC(F)(F)F. The van der Waals surface area contributed by atoms with Crippen molar-refractivity contribution in [3.8, 4) is 0 Å². The van der Waals surface area contributed by atoms with Crippen molar-refractivity contribution >= 4 is 17.4 Å². The molecule has 0 aromatic carbocycles. The number of rotatable bonds is 6. The smallest absolute Gasteiger partial charge is 0.370 e. The maximum absolute atomic E-state index is 11.8. The van der Waals surface area contributed by atoms with Crippen molar-refractivity contribution in [3.05, 3.63) is 17.0 Å². The van der Waals surface area contributed by atoms with Gasteiger partial charge in [-0.3, -0.25) is 0 Å². The molecule has 0 atom stereocenters. The van der Waals surface area contributed by atoms with E-state index < -0.39 is 12.8 Å². The maximum Gasteiger partial charge on any atom is 0.411 e. The molecule has 0 fully saturated rings. The lowest BCUT2D eigenvalue weighted by Gasteiger charge is -2.14. The van der Waals surface area contributed by atoms with Gasteiger partial charge >= 0.3 is 6.18 Å². The van der Waals surface area contributed by atoms with Crippen LogP contribution in [0.1, 0.15) is 25.3 Å². The van der Waals surface area contributed by atoms with Crippen LogP contribution in [0, 0.1) is 0 Å². The molecule has 0 spiro atoms. The van der Waals surface area contributed by atoms with Crippen LogP contribution in [0.2, 0.25) is 5.15 Å². The van der Waals surface area contributed by atoms with Gasteiger partial charge in [0.2, 0.25) is 0 Å². The number of alkyl halides is 3. The number of hydrogen-bond acceptors (Lipinski definition) is 4. The van der Waals surface area contributed by atoms with Crippen molar-refractivity contribution in [2.45, 2.75) is 25.9 Å². The van der Waals surface area contributed by atoms with Crippen LogP contribution in [0.5, 0.6) is 0 Å². The van der Waals surface area contributed by atoms with Crippen LogP contribution in [0.15, 0.2) is 6.33 Å². The highest BCUT2D eigenvalue weighted by molar-refractivity contribution is 6.30. The van der Waals surface area contributed by atoms with Crippen molar-refractivity contribution in [3.63, 3.8) is 0 Å². The molecule has 0 amide bonds. The highest BCUT2D eigenvalue weighted by Gasteiger charge is 2.27. The van der Waals surface area contributed by atoms with E-state index in [4.69, 9.17) is 11.6 Å². The number of aromatic nitrogens is 2. The molecule has 1 heterocycles. The molecule has 0 aliphatic carbocycles. The third-order valence-electron chi connectivity index (χ3n) is 2.22. The van der Waals surface area contributed by atoms with E-state index in [9.17, 15) is 13.2 Å². The monoisotopic (exact) mass is 297 g/mol. The Bertz CT molecular complexity index is 413. The first kappa shape index (κ1) is 16.0. The van der Waals surface area contributed by atoms with Crippen molar-refractivity contribution in [1.29, 1.82) is 0 Å². The zero-order valence-corrected chi connectivity index (χ0v) is 11.3. The molecule has 0 unspecified atom stereocenters. The van der Waals surface area contributed by atoms with Gasteiger partial charge in [-0.05, 0) is 5.92 Å². The Labute approximate surface area is 114 Å². The summed E-state index contributed by atoms with van der Waals surface area (Å²) in [4.78, 5) is 7.89. The zero-order chi connectivity index (χ0) is 14.5. The molecule has 0 aliphatic rings. The minimum Gasteiger partial charge on any atom is -0.370 e. The summed E-state index contributed by atoms with van der Waals surface area (Å²) in [6.45, 7) is 2.74. The van der Waals surface area contributed by atoms with Crippen LogP contribution in [-0.4, -0.2) is 35.9 Å². The molecular formula is C11H15ClF3N3O. The highest BCUT2D eigenvalue weighted by atomic mass is 35.5. The predicted octanol–water partition coefficient (Wildman–Crippen LogP) is 3.24. The molecule has 19 heavy (non-hydrogen) atoms. The van der Waals surface area contributed by atoms with Gasteiger partial charge in [0.25, 0.3) is 0 Å². The van der Waals surface area contributed by atoms with E-state index in [0.29, 0.717) is 11.0 Å². The van der Waals surface area contributed by atoms with Crippen molar-refractivity contribution in [2.24, 2.45) is 0 Å². The fraction of sp³-hybridized carbons (Fsp3) is 0.636. The number of anilines is 1. The van der Waals surface area contributed by atoms with Gasteiger partial charge in [-0.15, -0.1) is 0 Å². The molecule has 1 aromatic rings. The molecule has 4 nitrogen and oxygen atoms in total. The molecular weight excluding hydrogens is 283 g/mol. The average Bonchev–Trinajstić information content (AvgIpc) is 2.26. The third-order valence-corrected chi connectivity index (χ3v) is 2.52. The Balaban J connectivity index is 2.48. The average molecular weight is 298 g/mol. The van der Waals surface area contributed by atoms with Gasteiger partial charge < -0.3 is 10.1 Å². The second-order valence-electron chi connectivity index (χ2n) is 4.18. The van der Waals surface area contributed by atoms with Crippen molar-refractivity contribution in [1.82, 2.24) is 9.97 Å². The first-order chi connectivity index (χ1) is 8.81. The summed E-state index contributed by atoms with van der Waals surface area (Å²) in [6.07, 6.45) is -3.01. The molecule has 8 heteroatoms. The van der Waals surface area contributed by atoms with Crippen molar-refractivity contribution in [2.75, 3.05) is 25.1 Å². The van der Waals surface area contributed by atoms with Gasteiger partial charge in [0.15, 0.2) is 0 Å². The van der Waals surface area contributed by atoms with Crippen LogP contribution in [-0.2, 0) is 4.74 Å². The van der Waals surface area contributed by atoms with E-state index in [1.54, 1.807) is 0 Å². The molecule has 0 bridgehead atoms. The Morgan fingerprint density at radius 3 is 2.63 bits per heavy atom. The molecule has 1 rings (SSSR count). The summed E-state index contributed by atoms with van der Waals surface area (Å²) in [7, 11) is 0. The maximum atomic E-state index is 11.8. The van der Waals surface area contributed by atoms with Gasteiger partial charge in [-0.25, -0.2) is 9.97 Å². The lowest BCUT2D eigenvalue weighted by Crippen LogP contribution is -2.20. The normalized spacial score (nSPS) is 11.9. The number of ether oxygens (including phenoxy) is 1. The first-order valence-corrected chi connectivity index (χ1v) is 6.08. The number of hydrogen-bond donors (Lipinski definition) is 1. The second-order valence-corrected chi connectivity index (χ2v) is 4.53. The Hall–Kier alpha value is -1.08. The summed E-state index contributed by atoms with van der Waals surface area (Å²) < 4.78 is 40.0. The Morgan fingerprint density at radius 2 is 2.05 bits per heavy atom. The second kappa shape index (κ2) is 6.91. The van der Waals surface area contributed by atoms with Gasteiger partial charge in [0, 0.05) is 12.1 Å². The lowest BCUT2D eigenvalue weighted by atomic mass is 10.1. The molecule has 1 N–H and O–H groups in total. The first-order valence-electron chi connectivity index (χ1n) is 5.70. The predicted molar refractivity (Wildman–Crippen MR) is 66.5 cm³/mol. The van der Waals surface area contributed by atoms with Crippen LogP contribution in [0.25, 0.3) is 0 Å². The summed E-state index contributed by atoms with van der Waals surface area (Å²) in [5.41, 5.74) is 0.736. The van der Waals surface area contributed by atoms with E-state index >= 15 is 0 Å². The Kier molecular flexibility index (Phi) is 5.81. The van der Waals surface area contributed by atoms with Gasteiger partial charge in [-0.1, -0.05) is 25.4 Å². The number of nitrogens with one attached hydrogen (secondary N) is 1. The van der Waals surface area contributed by atoms with Crippen LogP contribution in [0.4, 0.5) is 19.0 Å². The Morgan fingerprint density at radius 1 is 1.37 bits per heavy atom. The van der Waals surface area contributed by atoms with Crippen LogP contribution >= 0.6 is 11.6 Å². The van der Waals surface area contributed by atoms with E-state index in [2.05, 4.69) is 20.0 Å². The van der Waals surface area contributed by atoms with Gasteiger partial charge in [-0.2, -0.15) is 13.2 Å². The minimum absolute atomic E-state index is 0.0708. The van der Waals surface area contributed by atoms with Crippen molar-refractivity contribution < 1.29 is 17.9 Å². The largest absolute Gasteiger partial charge is 0.411 e. The fourth-order valence-corrected chi connectivity index (χ4v) is 1.81. The summed E-state index contributed by atoms with van der Waals surface area (Å²) in [5, 5.41) is 3.23. The van der Waals surface area contributed by atoms with E-state index in [-0.39, 0.29) is 19.1 Å². The van der Waals surface area contributed by atoms with E-state index in [1.807, 2.05) is 13.8 Å². The van der Waals surface area contributed by atoms with Crippen LogP contribution < -0.4 is 5.32 Å². The number of halogens is 4. The van der Waals surface area contributed by atoms with E-state index in [0.717, 1.165) is 5.56 Å². The van der Waals surface area contributed by atoms with Crippen LogP contribution in [0.3, 0.4) is 0 Å². The topological polar surface area (TPSA) is 47.0 Å². The fourth-order valence-electron chi connectivity index (χ4n) is 1.46. The highest BCUT2D eigenvalue weighted by Crippen LogP contribution is 2.27. The summed E-state index contributed by atoms with van der Waals surface area (Å²) in [5.74, 6) is 0.623.